The van der Waals surface area contributed by atoms with E-state index in [-0.39, 0.29) is 23.9 Å². The molecule has 0 spiro atoms. The number of hydrogen-bond acceptors (Lipinski definition) is 3. The van der Waals surface area contributed by atoms with Gasteiger partial charge in [-0.15, -0.1) is 0 Å². The number of carbonyl (C=O) groups excluding carboxylic acids is 1. The Balaban J connectivity index is 1.75. The Morgan fingerprint density at radius 1 is 1.39 bits per heavy atom. The molecule has 1 N–H and O–H groups in total. The molecule has 1 fully saturated rings. The monoisotopic (exact) mass is 342 g/mol. The van der Waals surface area contributed by atoms with Gasteiger partial charge in [0.2, 0.25) is 0 Å². The van der Waals surface area contributed by atoms with E-state index < -0.39 is 10.8 Å². The third kappa shape index (κ3) is 5.49. The highest BCUT2D eigenvalue weighted by molar-refractivity contribution is 7.85. The van der Waals surface area contributed by atoms with Gasteiger partial charge in [0.25, 0.3) is 0 Å². The maximum absolute atomic E-state index is 12.8. The molecule has 2 rings (SSSR count). The van der Waals surface area contributed by atoms with Gasteiger partial charge in [0.1, 0.15) is 18.2 Å². The highest BCUT2D eigenvalue weighted by atomic mass is 32.2. The first-order valence-electron chi connectivity index (χ1n) is 7.72. The van der Waals surface area contributed by atoms with Gasteiger partial charge in [-0.2, -0.15) is 0 Å². The topological polar surface area (TPSA) is 58.6 Å². The van der Waals surface area contributed by atoms with Crippen LogP contribution in [0, 0.1) is 5.82 Å². The lowest BCUT2D eigenvalue weighted by atomic mass is 10.1. The molecule has 0 aliphatic carbocycles. The van der Waals surface area contributed by atoms with Crippen LogP contribution in [0.5, 0.6) is 5.75 Å². The Morgan fingerprint density at radius 3 is 2.61 bits per heavy atom. The molecule has 23 heavy (non-hydrogen) atoms. The fourth-order valence-electron chi connectivity index (χ4n) is 2.44. The second-order valence-electron chi connectivity index (χ2n) is 5.81. The lowest BCUT2D eigenvalue weighted by Gasteiger charge is -2.31. The predicted molar refractivity (Wildman–Crippen MR) is 88.6 cm³/mol. The first kappa shape index (κ1) is 17.7. The van der Waals surface area contributed by atoms with Crippen LogP contribution in [0.3, 0.4) is 0 Å². The highest BCUT2D eigenvalue weighted by Gasteiger charge is 2.25. The molecule has 0 bridgehead atoms. The van der Waals surface area contributed by atoms with Crippen LogP contribution >= 0.6 is 0 Å². The molecule has 1 aromatic carbocycles. The van der Waals surface area contributed by atoms with Gasteiger partial charge in [-0.3, -0.25) is 4.21 Å². The van der Waals surface area contributed by atoms with E-state index >= 15 is 0 Å². The number of halogens is 1. The Bertz CT molecular complexity index is 543. The van der Waals surface area contributed by atoms with E-state index in [0.29, 0.717) is 23.9 Å². The van der Waals surface area contributed by atoms with Crippen LogP contribution in [0.25, 0.3) is 0 Å². The molecule has 0 radical (unpaired) electrons. The fraction of sp³-hybridized carbons (Fsp3) is 0.562. The van der Waals surface area contributed by atoms with E-state index in [1.807, 2.05) is 6.92 Å². The molecular formula is C16H23FN2O3S. The van der Waals surface area contributed by atoms with Crippen LogP contribution < -0.4 is 10.1 Å². The zero-order chi connectivity index (χ0) is 16.8. The van der Waals surface area contributed by atoms with E-state index in [2.05, 4.69) is 5.32 Å². The molecule has 0 aromatic heterocycles. The summed E-state index contributed by atoms with van der Waals surface area (Å²) in [7, 11) is 1.03. The van der Waals surface area contributed by atoms with Crippen molar-refractivity contribution in [3.63, 3.8) is 0 Å². The zero-order valence-electron chi connectivity index (χ0n) is 13.5. The van der Waals surface area contributed by atoms with Gasteiger partial charge in [0, 0.05) is 35.4 Å². The number of nitrogens with one attached hydrogen (secondary N) is 1. The Labute approximate surface area is 138 Å². The van der Waals surface area contributed by atoms with Crippen molar-refractivity contribution in [2.24, 2.45) is 0 Å². The summed E-state index contributed by atoms with van der Waals surface area (Å²) in [6, 6.07) is 5.58. The third-order valence-electron chi connectivity index (χ3n) is 3.91. The maximum Gasteiger partial charge on any atom is 0.317 e. The summed E-state index contributed by atoms with van der Waals surface area (Å²) in [6.07, 6.45) is 1.55. The average Bonchev–Trinajstić information content (AvgIpc) is 2.54. The van der Waals surface area contributed by atoms with E-state index in [1.54, 1.807) is 24.1 Å². The SMILES string of the molecule is C[C@H](COc1ccc(F)cc1)NC(=O)N(C)C1CCS(=O)CC1. The molecule has 1 aliphatic heterocycles. The van der Waals surface area contributed by atoms with Gasteiger partial charge in [0.15, 0.2) is 0 Å². The maximum atomic E-state index is 12.8. The van der Waals surface area contributed by atoms with Crippen molar-refractivity contribution in [3.05, 3.63) is 30.1 Å². The molecule has 0 unspecified atom stereocenters. The minimum absolute atomic E-state index is 0.137. The number of amides is 2. The van der Waals surface area contributed by atoms with Crippen molar-refractivity contribution in [1.29, 1.82) is 0 Å². The van der Waals surface area contributed by atoms with E-state index in [9.17, 15) is 13.4 Å². The Morgan fingerprint density at radius 2 is 2.00 bits per heavy atom. The molecule has 0 saturated carbocycles. The first-order valence-corrected chi connectivity index (χ1v) is 9.21. The number of ether oxygens (including phenoxy) is 1. The smallest absolute Gasteiger partial charge is 0.317 e. The van der Waals surface area contributed by atoms with Crippen molar-refractivity contribution >= 4 is 16.8 Å². The van der Waals surface area contributed by atoms with Crippen LogP contribution in [-0.4, -0.2) is 52.4 Å². The minimum Gasteiger partial charge on any atom is -0.491 e. The van der Waals surface area contributed by atoms with E-state index in [0.717, 1.165) is 12.8 Å². The van der Waals surface area contributed by atoms with Crippen molar-refractivity contribution < 1.29 is 18.1 Å². The molecule has 1 heterocycles. The van der Waals surface area contributed by atoms with Crippen LogP contribution in [-0.2, 0) is 10.8 Å². The second kappa shape index (κ2) is 8.29. The zero-order valence-corrected chi connectivity index (χ0v) is 14.3. The van der Waals surface area contributed by atoms with Crippen LogP contribution in [0.2, 0.25) is 0 Å². The number of benzene rings is 1. The van der Waals surface area contributed by atoms with Crippen LogP contribution in [0.15, 0.2) is 24.3 Å². The number of rotatable bonds is 5. The molecule has 1 aromatic rings. The largest absolute Gasteiger partial charge is 0.491 e. The summed E-state index contributed by atoms with van der Waals surface area (Å²) in [4.78, 5) is 13.9. The Hall–Kier alpha value is -1.63. The molecule has 5 nitrogen and oxygen atoms in total. The quantitative estimate of drug-likeness (QED) is 0.892. The standard InChI is InChI=1S/C16H23FN2O3S/c1-12(11-22-15-5-3-13(17)4-6-15)18-16(20)19(2)14-7-9-23(21)10-8-14/h3-6,12,14H,7-11H2,1-2H3,(H,18,20)/t12-,14?,23?/m1/s1. The average molecular weight is 342 g/mol. The van der Waals surface area contributed by atoms with Crippen molar-refractivity contribution in [3.8, 4) is 5.75 Å². The van der Waals surface area contributed by atoms with Gasteiger partial charge >= 0.3 is 6.03 Å². The lowest BCUT2D eigenvalue weighted by Crippen LogP contribution is -2.49. The Kier molecular flexibility index (Phi) is 6.38. The summed E-state index contributed by atoms with van der Waals surface area (Å²) in [6.45, 7) is 2.16. The summed E-state index contributed by atoms with van der Waals surface area (Å²) in [5, 5.41) is 2.88. The molecular weight excluding hydrogens is 319 g/mol. The molecule has 2 amide bonds. The van der Waals surface area contributed by atoms with Crippen molar-refractivity contribution in [1.82, 2.24) is 10.2 Å². The van der Waals surface area contributed by atoms with Gasteiger partial charge < -0.3 is 15.0 Å². The first-order chi connectivity index (χ1) is 11.0. The molecule has 1 aliphatic rings. The molecule has 1 atom stereocenters. The number of nitrogens with zero attached hydrogens (tertiary/aromatic N) is 1. The molecule has 1 saturated heterocycles. The molecule has 7 heteroatoms. The predicted octanol–water partition coefficient (Wildman–Crippen LogP) is 2.15. The van der Waals surface area contributed by atoms with Crippen LogP contribution in [0.1, 0.15) is 19.8 Å². The number of urea groups is 1. The minimum atomic E-state index is -0.732. The van der Waals surface area contributed by atoms with Crippen molar-refractivity contribution in [2.75, 3.05) is 25.2 Å². The van der Waals surface area contributed by atoms with Crippen LogP contribution in [0.4, 0.5) is 9.18 Å². The van der Waals surface area contributed by atoms with Gasteiger partial charge in [0.05, 0.1) is 6.04 Å². The summed E-state index contributed by atoms with van der Waals surface area (Å²) >= 11 is 0. The highest BCUT2D eigenvalue weighted by Crippen LogP contribution is 2.15. The van der Waals surface area contributed by atoms with E-state index in [4.69, 9.17) is 4.74 Å². The molecule has 128 valence electrons. The fourth-order valence-corrected chi connectivity index (χ4v) is 3.71. The third-order valence-corrected chi connectivity index (χ3v) is 5.29. The summed E-state index contributed by atoms with van der Waals surface area (Å²) in [5.74, 6) is 1.57. The number of carbonyl (C=O) groups is 1. The van der Waals surface area contributed by atoms with E-state index in [1.165, 1.54) is 12.1 Å². The van der Waals surface area contributed by atoms with Gasteiger partial charge in [-0.25, -0.2) is 9.18 Å². The number of hydrogen-bond donors (Lipinski definition) is 1. The second-order valence-corrected chi connectivity index (χ2v) is 7.50. The normalized spacial score (nSPS) is 22.2. The summed E-state index contributed by atoms with van der Waals surface area (Å²) < 4.78 is 29.7. The van der Waals surface area contributed by atoms with Crippen molar-refractivity contribution in [2.45, 2.75) is 31.8 Å². The summed E-state index contributed by atoms with van der Waals surface area (Å²) in [5.41, 5.74) is 0. The van der Waals surface area contributed by atoms with Gasteiger partial charge in [-0.05, 0) is 44.0 Å². The van der Waals surface area contributed by atoms with Gasteiger partial charge in [-0.1, -0.05) is 0 Å². The lowest BCUT2D eigenvalue weighted by molar-refractivity contribution is 0.177.